The molecule has 5 atom stereocenters. The lowest BCUT2D eigenvalue weighted by Gasteiger charge is -2.21. The third kappa shape index (κ3) is 69.5. The summed E-state index contributed by atoms with van der Waals surface area (Å²) in [5.74, 6) is -2.16. The first-order valence-electron chi connectivity index (χ1n) is 38.9. The normalized spacial score (nSPS) is 14.2. The van der Waals surface area contributed by atoms with Crippen LogP contribution in [0.5, 0.6) is 0 Å². The van der Waals surface area contributed by atoms with Gasteiger partial charge in [0, 0.05) is 25.7 Å². The zero-order valence-corrected chi connectivity index (χ0v) is 63.1. The van der Waals surface area contributed by atoms with E-state index in [0.29, 0.717) is 25.7 Å². The smallest absolute Gasteiger partial charge is 0.462 e. The number of esters is 4. The Kier molecular flexibility index (Phi) is 68.3. The summed E-state index contributed by atoms with van der Waals surface area (Å²) in [4.78, 5) is 72.8. The summed E-state index contributed by atoms with van der Waals surface area (Å²) >= 11 is 0. The number of aliphatic hydroxyl groups excluding tert-OH is 1. The third-order valence-corrected chi connectivity index (χ3v) is 18.7. The highest BCUT2D eigenvalue weighted by Crippen LogP contribution is 2.45. The van der Waals surface area contributed by atoms with Gasteiger partial charge < -0.3 is 33.8 Å². The molecular weight excluding hydrogens is 1260 g/mol. The lowest BCUT2D eigenvalue weighted by Crippen LogP contribution is -2.30. The number of aliphatic hydroxyl groups is 1. The molecule has 19 heteroatoms. The molecule has 0 bridgehead atoms. The SMILES string of the molecule is CC/C=C\C/C=C\C/C=C\C/C=C\CCCCCCC(=O)OCC(COP(=O)(O)OCC(O)COP(=O)(O)OCC(COC(=O)CCCCCCCCCCCCCCC)OC(=O)CCCCCCCCCCCCCCC)OC(=O)CCCCCCCCCCCCCCC. The molecule has 0 aromatic rings. The average molecular weight is 1400 g/mol. The summed E-state index contributed by atoms with van der Waals surface area (Å²) in [7, 11) is -9.93. The van der Waals surface area contributed by atoms with Crippen molar-refractivity contribution < 1.29 is 80.2 Å². The van der Waals surface area contributed by atoms with Gasteiger partial charge in [-0.2, -0.15) is 0 Å². The predicted octanol–water partition coefficient (Wildman–Crippen LogP) is 22.1. The van der Waals surface area contributed by atoms with Crippen molar-refractivity contribution in [3.8, 4) is 0 Å². The van der Waals surface area contributed by atoms with Crippen LogP contribution in [-0.4, -0.2) is 96.7 Å². The quantitative estimate of drug-likeness (QED) is 0.0169. The molecule has 5 unspecified atom stereocenters. The van der Waals surface area contributed by atoms with Crippen LogP contribution in [0.25, 0.3) is 0 Å². The number of hydrogen-bond acceptors (Lipinski definition) is 15. The van der Waals surface area contributed by atoms with Crippen LogP contribution in [-0.2, 0) is 65.4 Å². The number of unbranched alkanes of at least 4 members (excludes halogenated alkanes) is 40. The average Bonchev–Trinajstić information content (AvgIpc) is 3.12. The Morgan fingerprint density at radius 2 is 0.542 bits per heavy atom. The number of carbonyl (C=O) groups excluding carboxylic acids is 4. The largest absolute Gasteiger partial charge is 0.472 e. The van der Waals surface area contributed by atoms with E-state index in [1.165, 1.54) is 161 Å². The van der Waals surface area contributed by atoms with Gasteiger partial charge in [0.25, 0.3) is 0 Å². The van der Waals surface area contributed by atoms with Gasteiger partial charge in [-0.3, -0.25) is 37.3 Å². The van der Waals surface area contributed by atoms with E-state index in [2.05, 4.69) is 76.3 Å². The summed E-state index contributed by atoms with van der Waals surface area (Å²) in [6.07, 6.45) is 66.6. The molecule has 0 aromatic carbocycles. The Morgan fingerprint density at radius 1 is 0.302 bits per heavy atom. The lowest BCUT2D eigenvalue weighted by molar-refractivity contribution is -0.161. The van der Waals surface area contributed by atoms with Crippen LogP contribution in [0.1, 0.15) is 362 Å². The van der Waals surface area contributed by atoms with Gasteiger partial charge >= 0.3 is 39.5 Å². The molecule has 0 rings (SSSR count). The van der Waals surface area contributed by atoms with Crippen molar-refractivity contribution in [3.05, 3.63) is 48.6 Å². The first kappa shape index (κ1) is 93.0. The fraction of sp³-hybridized carbons (Fsp3) is 0.844. The van der Waals surface area contributed by atoms with Crippen molar-refractivity contribution in [1.29, 1.82) is 0 Å². The summed E-state index contributed by atoms with van der Waals surface area (Å²) in [5, 5.41) is 10.6. The molecule has 0 aromatic heterocycles. The number of phosphoric acid groups is 2. The number of carbonyl (C=O) groups is 4. The molecular formula is C77H142O17P2. The second-order valence-electron chi connectivity index (χ2n) is 26.3. The van der Waals surface area contributed by atoms with E-state index < -0.39 is 97.5 Å². The van der Waals surface area contributed by atoms with Crippen molar-refractivity contribution in [3.63, 3.8) is 0 Å². The molecule has 0 heterocycles. The van der Waals surface area contributed by atoms with Crippen LogP contribution in [0.3, 0.4) is 0 Å². The number of rotatable bonds is 74. The van der Waals surface area contributed by atoms with Crippen LogP contribution in [0.15, 0.2) is 48.6 Å². The van der Waals surface area contributed by atoms with Gasteiger partial charge in [-0.05, 0) is 64.2 Å². The molecule has 0 radical (unpaired) electrons. The van der Waals surface area contributed by atoms with Crippen molar-refractivity contribution in [2.75, 3.05) is 39.6 Å². The Labute approximate surface area is 585 Å². The summed E-state index contributed by atoms with van der Waals surface area (Å²) in [6, 6.07) is 0. The first-order valence-corrected chi connectivity index (χ1v) is 41.9. The van der Waals surface area contributed by atoms with E-state index in [1.54, 1.807) is 0 Å². The molecule has 562 valence electrons. The fourth-order valence-corrected chi connectivity index (χ4v) is 12.5. The standard InChI is InChI=1S/C77H142O17P2/c1-5-9-13-17-21-25-29-33-34-35-36-40-42-46-50-54-58-62-75(80)88-68-73(94-77(82)64-60-56-52-48-44-39-32-28-24-20-16-12-8-4)70-92-96(85,86)90-66-71(78)65-89-95(83,84)91-69-72(93-76(81)63-59-55-51-47-43-38-31-27-23-19-15-11-7-3)67-87-74(79)61-57-53-49-45-41-37-30-26-22-18-14-10-6-2/h9,13,21,25,33-34,36,40,71-73,78H,5-8,10-12,14-20,22-24,26-32,35,37-39,41-70H2,1-4H3,(H,83,84)(H,85,86)/b13-9-,25-21-,34-33-,40-36-. The molecule has 0 aliphatic carbocycles. The van der Waals surface area contributed by atoms with E-state index >= 15 is 0 Å². The van der Waals surface area contributed by atoms with Crippen LogP contribution < -0.4 is 0 Å². The minimum absolute atomic E-state index is 0.0966. The Bertz CT molecular complexity index is 2010. The molecule has 0 fully saturated rings. The first-order chi connectivity index (χ1) is 46.7. The second-order valence-corrected chi connectivity index (χ2v) is 29.2. The second kappa shape index (κ2) is 70.5. The molecule has 0 saturated carbocycles. The van der Waals surface area contributed by atoms with Gasteiger partial charge in [-0.1, -0.05) is 320 Å². The summed E-state index contributed by atoms with van der Waals surface area (Å²) in [6.45, 7) is 4.81. The van der Waals surface area contributed by atoms with Crippen LogP contribution in [0.2, 0.25) is 0 Å². The van der Waals surface area contributed by atoms with Gasteiger partial charge in [0.2, 0.25) is 0 Å². The third-order valence-electron chi connectivity index (χ3n) is 16.8. The Morgan fingerprint density at radius 3 is 0.833 bits per heavy atom. The maximum atomic E-state index is 13.1. The Hall–Kier alpha value is -2.98. The molecule has 0 aliphatic heterocycles. The molecule has 0 spiro atoms. The summed E-state index contributed by atoms with van der Waals surface area (Å²) in [5.41, 5.74) is 0. The molecule has 3 N–H and O–H groups in total. The van der Waals surface area contributed by atoms with E-state index in [0.717, 1.165) is 122 Å². The van der Waals surface area contributed by atoms with Gasteiger partial charge in [-0.15, -0.1) is 0 Å². The van der Waals surface area contributed by atoms with E-state index in [9.17, 15) is 43.2 Å². The molecule has 0 saturated heterocycles. The van der Waals surface area contributed by atoms with Gasteiger partial charge in [0.15, 0.2) is 12.2 Å². The number of ether oxygens (including phenoxy) is 4. The molecule has 96 heavy (non-hydrogen) atoms. The van der Waals surface area contributed by atoms with Crippen molar-refractivity contribution >= 4 is 39.5 Å². The molecule has 0 amide bonds. The predicted molar refractivity (Wildman–Crippen MR) is 390 cm³/mol. The van der Waals surface area contributed by atoms with Gasteiger partial charge in [0.1, 0.15) is 19.3 Å². The van der Waals surface area contributed by atoms with Crippen LogP contribution in [0.4, 0.5) is 0 Å². The highest BCUT2D eigenvalue weighted by molar-refractivity contribution is 7.47. The maximum Gasteiger partial charge on any atom is 0.472 e. The minimum Gasteiger partial charge on any atom is -0.462 e. The van der Waals surface area contributed by atoms with Gasteiger partial charge in [0.05, 0.1) is 26.4 Å². The highest BCUT2D eigenvalue weighted by atomic mass is 31.2. The van der Waals surface area contributed by atoms with E-state index in [-0.39, 0.29) is 25.7 Å². The number of hydrogen-bond donors (Lipinski definition) is 3. The zero-order chi connectivity index (χ0) is 70.4. The zero-order valence-electron chi connectivity index (χ0n) is 61.3. The number of allylic oxidation sites excluding steroid dienone is 8. The molecule has 0 aliphatic rings. The summed E-state index contributed by atoms with van der Waals surface area (Å²) < 4.78 is 68.5. The number of phosphoric ester groups is 2. The van der Waals surface area contributed by atoms with Gasteiger partial charge in [-0.25, -0.2) is 9.13 Å². The topological polar surface area (TPSA) is 237 Å². The fourth-order valence-electron chi connectivity index (χ4n) is 10.9. The highest BCUT2D eigenvalue weighted by Gasteiger charge is 2.30. The van der Waals surface area contributed by atoms with Crippen molar-refractivity contribution in [1.82, 2.24) is 0 Å². The maximum absolute atomic E-state index is 13.1. The lowest BCUT2D eigenvalue weighted by atomic mass is 10.0. The van der Waals surface area contributed by atoms with E-state index in [1.807, 2.05) is 0 Å². The van der Waals surface area contributed by atoms with Crippen molar-refractivity contribution in [2.24, 2.45) is 0 Å². The minimum atomic E-state index is -4.97. The molecule has 17 nitrogen and oxygen atoms in total. The Balaban J connectivity index is 5.30. The van der Waals surface area contributed by atoms with Crippen molar-refractivity contribution in [2.45, 2.75) is 380 Å². The van der Waals surface area contributed by atoms with Crippen LogP contribution >= 0.6 is 15.6 Å². The van der Waals surface area contributed by atoms with E-state index in [4.69, 9.17) is 37.0 Å². The van der Waals surface area contributed by atoms with Crippen LogP contribution in [0, 0.1) is 0 Å². The monoisotopic (exact) mass is 1400 g/mol.